The summed E-state index contributed by atoms with van der Waals surface area (Å²) in [6, 6.07) is 8.19. The minimum Gasteiger partial charge on any atom is -0.396 e. The first kappa shape index (κ1) is 11.4. The molecule has 0 aliphatic carbocycles. The maximum atomic E-state index is 8.87. The predicted molar refractivity (Wildman–Crippen MR) is 64.7 cm³/mol. The SMILES string of the molecule is OCCc1cccc(NCC2CCCO2)c1. The maximum Gasteiger partial charge on any atom is 0.0748 e. The fourth-order valence-electron chi connectivity index (χ4n) is 2.00. The summed E-state index contributed by atoms with van der Waals surface area (Å²) in [6.45, 7) is 1.98. The molecule has 1 fully saturated rings. The van der Waals surface area contributed by atoms with Crippen molar-refractivity contribution in [3.05, 3.63) is 29.8 Å². The van der Waals surface area contributed by atoms with Gasteiger partial charge in [-0.15, -0.1) is 0 Å². The Morgan fingerprint density at radius 3 is 3.12 bits per heavy atom. The summed E-state index contributed by atoms with van der Waals surface area (Å²) in [5, 5.41) is 12.3. The molecule has 0 bridgehead atoms. The van der Waals surface area contributed by atoms with Crippen LogP contribution in [-0.2, 0) is 11.2 Å². The van der Waals surface area contributed by atoms with Crippen molar-refractivity contribution in [1.29, 1.82) is 0 Å². The van der Waals surface area contributed by atoms with Crippen LogP contribution in [0.3, 0.4) is 0 Å². The summed E-state index contributed by atoms with van der Waals surface area (Å²) in [5.41, 5.74) is 2.28. The summed E-state index contributed by atoms with van der Waals surface area (Å²) in [4.78, 5) is 0. The number of nitrogens with one attached hydrogen (secondary N) is 1. The smallest absolute Gasteiger partial charge is 0.0748 e. The van der Waals surface area contributed by atoms with Crippen LogP contribution in [0.5, 0.6) is 0 Å². The average molecular weight is 221 g/mol. The zero-order chi connectivity index (χ0) is 11.2. The van der Waals surface area contributed by atoms with Crippen molar-refractivity contribution in [2.24, 2.45) is 0 Å². The van der Waals surface area contributed by atoms with E-state index < -0.39 is 0 Å². The molecule has 3 heteroatoms. The van der Waals surface area contributed by atoms with Gasteiger partial charge in [-0.3, -0.25) is 0 Å². The lowest BCUT2D eigenvalue weighted by molar-refractivity contribution is 0.120. The van der Waals surface area contributed by atoms with Gasteiger partial charge in [-0.05, 0) is 37.0 Å². The van der Waals surface area contributed by atoms with Crippen molar-refractivity contribution in [1.82, 2.24) is 0 Å². The number of ether oxygens (including phenoxy) is 1. The van der Waals surface area contributed by atoms with Crippen molar-refractivity contribution in [2.45, 2.75) is 25.4 Å². The van der Waals surface area contributed by atoms with Gasteiger partial charge in [0.1, 0.15) is 0 Å². The lowest BCUT2D eigenvalue weighted by atomic mass is 10.1. The van der Waals surface area contributed by atoms with E-state index in [1.807, 2.05) is 12.1 Å². The van der Waals surface area contributed by atoms with Crippen LogP contribution in [0.2, 0.25) is 0 Å². The third-order valence-electron chi connectivity index (χ3n) is 2.89. The second-order valence-electron chi connectivity index (χ2n) is 4.19. The number of aliphatic hydroxyl groups excluding tert-OH is 1. The monoisotopic (exact) mass is 221 g/mol. The second-order valence-corrected chi connectivity index (χ2v) is 4.19. The summed E-state index contributed by atoms with van der Waals surface area (Å²) in [6.07, 6.45) is 3.41. The van der Waals surface area contributed by atoms with E-state index in [1.165, 1.54) is 12.0 Å². The Morgan fingerprint density at radius 1 is 1.44 bits per heavy atom. The fraction of sp³-hybridized carbons (Fsp3) is 0.538. The molecule has 3 nitrogen and oxygen atoms in total. The van der Waals surface area contributed by atoms with Gasteiger partial charge in [-0.25, -0.2) is 0 Å². The molecule has 1 aliphatic heterocycles. The predicted octanol–water partition coefficient (Wildman–Crippen LogP) is 1.81. The molecule has 1 saturated heterocycles. The Balaban J connectivity index is 1.85. The highest BCUT2D eigenvalue weighted by Gasteiger charge is 2.14. The zero-order valence-corrected chi connectivity index (χ0v) is 9.48. The van der Waals surface area contributed by atoms with Crippen LogP contribution in [0.4, 0.5) is 5.69 Å². The molecule has 1 unspecified atom stereocenters. The van der Waals surface area contributed by atoms with E-state index in [-0.39, 0.29) is 6.61 Å². The molecular weight excluding hydrogens is 202 g/mol. The van der Waals surface area contributed by atoms with Gasteiger partial charge in [0.25, 0.3) is 0 Å². The Labute approximate surface area is 96.4 Å². The highest BCUT2D eigenvalue weighted by molar-refractivity contribution is 5.45. The number of rotatable bonds is 5. The molecule has 0 radical (unpaired) electrons. The van der Waals surface area contributed by atoms with Crippen molar-refractivity contribution >= 4 is 5.69 Å². The Hall–Kier alpha value is -1.06. The molecule has 0 spiro atoms. The lowest BCUT2D eigenvalue weighted by Gasteiger charge is -2.12. The van der Waals surface area contributed by atoms with Crippen LogP contribution in [0.25, 0.3) is 0 Å². The number of benzene rings is 1. The molecule has 88 valence electrons. The normalized spacial score (nSPS) is 19.9. The second kappa shape index (κ2) is 5.87. The molecule has 1 aliphatic rings. The van der Waals surface area contributed by atoms with Gasteiger partial charge in [0.05, 0.1) is 6.10 Å². The molecule has 1 atom stereocenters. The van der Waals surface area contributed by atoms with Crippen LogP contribution in [0, 0.1) is 0 Å². The molecule has 0 aromatic heterocycles. The Kier molecular flexibility index (Phi) is 4.19. The Morgan fingerprint density at radius 2 is 2.38 bits per heavy atom. The number of hydrogen-bond acceptors (Lipinski definition) is 3. The minimum atomic E-state index is 0.204. The van der Waals surface area contributed by atoms with Gasteiger partial charge in [0.2, 0.25) is 0 Å². The van der Waals surface area contributed by atoms with Gasteiger partial charge in [-0.1, -0.05) is 12.1 Å². The number of aliphatic hydroxyl groups is 1. The molecule has 16 heavy (non-hydrogen) atoms. The molecular formula is C13H19NO2. The van der Waals surface area contributed by atoms with E-state index in [4.69, 9.17) is 9.84 Å². The first-order valence-electron chi connectivity index (χ1n) is 5.94. The van der Waals surface area contributed by atoms with E-state index in [1.54, 1.807) is 0 Å². The largest absolute Gasteiger partial charge is 0.396 e. The van der Waals surface area contributed by atoms with E-state index in [0.717, 1.165) is 31.7 Å². The van der Waals surface area contributed by atoms with Crippen LogP contribution in [0.1, 0.15) is 18.4 Å². The molecule has 1 heterocycles. The molecule has 0 saturated carbocycles. The van der Waals surface area contributed by atoms with E-state index in [2.05, 4.69) is 17.4 Å². The topological polar surface area (TPSA) is 41.5 Å². The average Bonchev–Trinajstić information content (AvgIpc) is 2.80. The highest BCUT2D eigenvalue weighted by Crippen LogP contribution is 2.15. The third kappa shape index (κ3) is 3.22. The molecule has 2 N–H and O–H groups in total. The van der Waals surface area contributed by atoms with Gasteiger partial charge in [0.15, 0.2) is 0 Å². The molecule has 0 amide bonds. The summed E-state index contributed by atoms with van der Waals surface area (Å²) in [5.74, 6) is 0. The first-order chi connectivity index (χ1) is 7.88. The van der Waals surface area contributed by atoms with Crippen molar-refractivity contribution in [3.8, 4) is 0 Å². The molecule has 1 aromatic carbocycles. The van der Waals surface area contributed by atoms with Crippen LogP contribution in [-0.4, -0.2) is 31.0 Å². The molecule has 1 aromatic rings. The first-order valence-corrected chi connectivity index (χ1v) is 5.94. The molecule has 2 rings (SSSR count). The van der Waals surface area contributed by atoms with Crippen molar-refractivity contribution < 1.29 is 9.84 Å². The van der Waals surface area contributed by atoms with Crippen molar-refractivity contribution in [2.75, 3.05) is 25.1 Å². The van der Waals surface area contributed by atoms with Crippen LogP contribution < -0.4 is 5.32 Å². The van der Waals surface area contributed by atoms with Crippen molar-refractivity contribution in [3.63, 3.8) is 0 Å². The summed E-state index contributed by atoms with van der Waals surface area (Å²) < 4.78 is 5.55. The van der Waals surface area contributed by atoms with E-state index >= 15 is 0 Å². The van der Waals surface area contributed by atoms with Gasteiger partial charge in [-0.2, -0.15) is 0 Å². The number of anilines is 1. The number of hydrogen-bond donors (Lipinski definition) is 2. The third-order valence-corrected chi connectivity index (χ3v) is 2.89. The van der Waals surface area contributed by atoms with E-state index in [0.29, 0.717) is 6.10 Å². The lowest BCUT2D eigenvalue weighted by Crippen LogP contribution is -2.18. The van der Waals surface area contributed by atoms with Crippen LogP contribution in [0.15, 0.2) is 24.3 Å². The minimum absolute atomic E-state index is 0.204. The zero-order valence-electron chi connectivity index (χ0n) is 9.48. The van der Waals surface area contributed by atoms with Gasteiger partial charge < -0.3 is 15.2 Å². The van der Waals surface area contributed by atoms with Crippen LogP contribution >= 0.6 is 0 Å². The van der Waals surface area contributed by atoms with Gasteiger partial charge in [0, 0.05) is 25.4 Å². The summed E-state index contributed by atoms with van der Waals surface area (Å²) >= 11 is 0. The Bertz CT molecular complexity index is 321. The summed E-state index contributed by atoms with van der Waals surface area (Å²) in [7, 11) is 0. The van der Waals surface area contributed by atoms with Gasteiger partial charge >= 0.3 is 0 Å². The quantitative estimate of drug-likeness (QED) is 0.796. The highest BCUT2D eigenvalue weighted by atomic mass is 16.5. The standard InChI is InChI=1S/C13H19NO2/c15-7-6-11-3-1-4-12(9-11)14-10-13-5-2-8-16-13/h1,3-4,9,13-15H,2,5-8,10H2. The maximum absolute atomic E-state index is 8.87. The fourth-order valence-corrected chi connectivity index (χ4v) is 2.00. The van der Waals surface area contributed by atoms with E-state index in [9.17, 15) is 0 Å².